The number of H-pyrrole nitrogens is 1. The summed E-state index contributed by atoms with van der Waals surface area (Å²) in [5, 5.41) is 17.3. The van der Waals surface area contributed by atoms with Crippen molar-refractivity contribution in [3.63, 3.8) is 0 Å². The zero-order valence-electron chi connectivity index (χ0n) is 15.4. The molecule has 0 unspecified atom stereocenters. The fourth-order valence-electron chi connectivity index (χ4n) is 3.54. The summed E-state index contributed by atoms with van der Waals surface area (Å²) in [6.07, 6.45) is 0.500. The Morgan fingerprint density at radius 3 is 2.59 bits per heavy atom. The molecule has 0 aliphatic rings. The van der Waals surface area contributed by atoms with Crippen molar-refractivity contribution in [2.24, 2.45) is 5.73 Å². The Bertz CT molecular complexity index is 1360. The number of aromatic amines is 1. The number of phenols is 1. The highest BCUT2D eigenvalue weighted by molar-refractivity contribution is 5.97. The SMILES string of the molecule is N=C(N)c1ccc2[nH]c(Cc3nc4ccccc4n3-c3ccc(O)cc3)nc2c1. The number of hydrogen-bond acceptors (Lipinski definition) is 4. The van der Waals surface area contributed by atoms with Crippen molar-refractivity contribution in [1.29, 1.82) is 5.41 Å². The minimum absolute atomic E-state index is 0.0190. The lowest BCUT2D eigenvalue weighted by molar-refractivity contribution is 0.475. The minimum atomic E-state index is 0.0190. The predicted molar refractivity (Wildman–Crippen MR) is 113 cm³/mol. The second kappa shape index (κ2) is 6.49. The van der Waals surface area contributed by atoms with Crippen LogP contribution in [-0.4, -0.2) is 30.5 Å². The molecule has 29 heavy (non-hydrogen) atoms. The summed E-state index contributed by atoms with van der Waals surface area (Å²) in [6, 6.07) is 20.5. The minimum Gasteiger partial charge on any atom is -0.508 e. The molecule has 0 aliphatic heterocycles. The molecule has 5 rings (SSSR count). The van der Waals surface area contributed by atoms with E-state index in [0.29, 0.717) is 12.0 Å². The molecule has 0 fully saturated rings. The largest absolute Gasteiger partial charge is 0.508 e. The number of phenolic OH excluding ortho intramolecular Hbond substituents is 1. The first-order valence-electron chi connectivity index (χ1n) is 9.17. The van der Waals surface area contributed by atoms with Gasteiger partial charge in [-0.2, -0.15) is 0 Å². The van der Waals surface area contributed by atoms with Gasteiger partial charge in [0, 0.05) is 11.3 Å². The Kier molecular flexibility index (Phi) is 3.80. The molecule has 0 bridgehead atoms. The molecule has 5 N–H and O–H groups in total. The summed E-state index contributed by atoms with van der Waals surface area (Å²) in [4.78, 5) is 12.8. The van der Waals surface area contributed by atoms with E-state index in [1.165, 1.54) is 0 Å². The van der Waals surface area contributed by atoms with Crippen molar-refractivity contribution < 1.29 is 5.11 Å². The summed E-state index contributed by atoms with van der Waals surface area (Å²) in [7, 11) is 0. The van der Waals surface area contributed by atoms with Crippen LogP contribution in [0.4, 0.5) is 0 Å². The van der Waals surface area contributed by atoms with Crippen LogP contribution in [0.25, 0.3) is 27.8 Å². The van der Waals surface area contributed by atoms with Gasteiger partial charge in [-0.15, -0.1) is 0 Å². The molecule has 0 amide bonds. The summed E-state index contributed by atoms with van der Waals surface area (Å²) in [6.45, 7) is 0. The fraction of sp³-hybridized carbons (Fsp3) is 0.0455. The molecule has 5 aromatic rings. The van der Waals surface area contributed by atoms with E-state index in [1.807, 2.05) is 42.5 Å². The van der Waals surface area contributed by atoms with Crippen LogP contribution in [0.2, 0.25) is 0 Å². The van der Waals surface area contributed by atoms with Gasteiger partial charge in [0.05, 0.1) is 28.5 Å². The Morgan fingerprint density at radius 2 is 1.79 bits per heavy atom. The van der Waals surface area contributed by atoms with E-state index in [1.54, 1.807) is 24.3 Å². The number of fused-ring (bicyclic) bond motifs is 2. The first kappa shape index (κ1) is 17.0. The molecule has 0 atom stereocenters. The van der Waals surface area contributed by atoms with Gasteiger partial charge in [0.2, 0.25) is 0 Å². The van der Waals surface area contributed by atoms with Gasteiger partial charge in [-0.05, 0) is 54.6 Å². The zero-order valence-corrected chi connectivity index (χ0v) is 15.4. The average Bonchev–Trinajstić information content (AvgIpc) is 3.28. The number of aromatic hydroxyl groups is 1. The first-order valence-corrected chi connectivity index (χ1v) is 9.17. The fourth-order valence-corrected chi connectivity index (χ4v) is 3.54. The van der Waals surface area contributed by atoms with Crippen LogP contribution in [0.1, 0.15) is 17.2 Å². The van der Waals surface area contributed by atoms with Crippen LogP contribution in [-0.2, 0) is 6.42 Å². The van der Waals surface area contributed by atoms with Crippen LogP contribution in [0.5, 0.6) is 5.75 Å². The number of nitrogens with two attached hydrogens (primary N) is 1. The standard InChI is InChI=1S/C22H18N6O/c23-22(24)13-5-10-16-18(11-13)26-20(25-16)12-21-27-17-3-1-2-4-19(17)28(21)14-6-8-15(29)9-7-14/h1-11,29H,12H2,(H3,23,24)(H,25,26). The summed E-state index contributed by atoms with van der Waals surface area (Å²) < 4.78 is 2.07. The molecule has 0 radical (unpaired) electrons. The summed E-state index contributed by atoms with van der Waals surface area (Å²) in [5.74, 6) is 1.85. The van der Waals surface area contributed by atoms with Crippen molar-refractivity contribution in [2.75, 3.05) is 0 Å². The molecule has 7 nitrogen and oxygen atoms in total. The van der Waals surface area contributed by atoms with Crippen LogP contribution < -0.4 is 5.73 Å². The normalized spacial score (nSPS) is 11.3. The molecule has 0 spiro atoms. The molecular formula is C22H18N6O. The first-order chi connectivity index (χ1) is 14.1. The monoisotopic (exact) mass is 382 g/mol. The highest BCUT2D eigenvalue weighted by Crippen LogP contribution is 2.25. The lowest BCUT2D eigenvalue weighted by atomic mass is 10.2. The maximum absolute atomic E-state index is 9.65. The van der Waals surface area contributed by atoms with Crippen LogP contribution in [0.3, 0.4) is 0 Å². The van der Waals surface area contributed by atoms with E-state index in [2.05, 4.69) is 14.5 Å². The number of nitrogen functional groups attached to an aromatic ring is 1. The van der Waals surface area contributed by atoms with E-state index in [9.17, 15) is 5.11 Å². The molecule has 2 heterocycles. The maximum atomic E-state index is 9.65. The number of nitrogens with one attached hydrogen (secondary N) is 2. The van der Waals surface area contributed by atoms with Gasteiger partial charge in [0.25, 0.3) is 0 Å². The van der Waals surface area contributed by atoms with Gasteiger partial charge in [-0.25, -0.2) is 9.97 Å². The molecule has 2 aromatic heterocycles. The highest BCUT2D eigenvalue weighted by atomic mass is 16.3. The van der Waals surface area contributed by atoms with Crippen molar-refractivity contribution in [1.82, 2.24) is 19.5 Å². The second-order valence-corrected chi connectivity index (χ2v) is 6.87. The van der Waals surface area contributed by atoms with Crippen molar-refractivity contribution in [3.05, 3.63) is 83.9 Å². The topological polar surface area (TPSA) is 117 Å². The van der Waals surface area contributed by atoms with Gasteiger partial charge in [0.15, 0.2) is 0 Å². The molecule has 0 saturated carbocycles. The number of para-hydroxylation sites is 2. The van der Waals surface area contributed by atoms with E-state index < -0.39 is 0 Å². The van der Waals surface area contributed by atoms with Gasteiger partial charge in [-0.1, -0.05) is 12.1 Å². The molecule has 0 aliphatic carbocycles. The number of aromatic nitrogens is 4. The lowest BCUT2D eigenvalue weighted by Gasteiger charge is -2.09. The molecular weight excluding hydrogens is 364 g/mol. The van der Waals surface area contributed by atoms with Crippen LogP contribution in [0, 0.1) is 5.41 Å². The number of imidazole rings is 2. The van der Waals surface area contributed by atoms with Crippen LogP contribution in [0.15, 0.2) is 66.7 Å². The second-order valence-electron chi connectivity index (χ2n) is 6.87. The molecule has 0 saturated heterocycles. The lowest BCUT2D eigenvalue weighted by Crippen LogP contribution is -2.10. The van der Waals surface area contributed by atoms with E-state index in [4.69, 9.17) is 16.1 Å². The van der Waals surface area contributed by atoms with Gasteiger partial charge in [0.1, 0.15) is 23.2 Å². The molecule has 3 aromatic carbocycles. The third kappa shape index (κ3) is 2.98. The highest BCUT2D eigenvalue weighted by Gasteiger charge is 2.15. The Hall–Kier alpha value is -4.13. The number of rotatable bonds is 4. The van der Waals surface area contributed by atoms with Gasteiger partial charge >= 0.3 is 0 Å². The summed E-state index contributed by atoms with van der Waals surface area (Å²) >= 11 is 0. The Balaban J connectivity index is 1.62. The molecule has 7 heteroatoms. The van der Waals surface area contributed by atoms with Crippen LogP contribution >= 0.6 is 0 Å². The predicted octanol–water partition coefficient (Wildman–Crippen LogP) is 3.48. The number of amidine groups is 1. The smallest absolute Gasteiger partial charge is 0.122 e. The van der Waals surface area contributed by atoms with Gasteiger partial charge < -0.3 is 15.8 Å². The van der Waals surface area contributed by atoms with Crippen molar-refractivity contribution in [3.8, 4) is 11.4 Å². The van der Waals surface area contributed by atoms with Crippen molar-refractivity contribution in [2.45, 2.75) is 6.42 Å². The van der Waals surface area contributed by atoms with Crippen molar-refractivity contribution >= 4 is 27.9 Å². The zero-order chi connectivity index (χ0) is 20.0. The third-order valence-electron chi connectivity index (χ3n) is 4.91. The van der Waals surface area contributed by atoms with Gasteiger partial charge in [-0.3, -0.25) is 9.98 Å². The number of benzene rings is 3. The van der Waals surface area contributed by atoms with E-state index >= 15 is 0 Å². The average molecular weight is 382 g/mol. The maximum Gasteiger partial charge on any atom is 0.122 e. The third-order valence-corrected chi connectivity index (χ3v) is 4.91. The summed E-state index contributed by atoms with van der Waals surface area (Å²) in [5.41, 5.74) is 10.7. The molecule has 142 valence electrons. The van der Waals surface area contributed by atoms with E-state index in [0.717, 1.165) is 39.4 Å². The number of nitrogens with zero attached hydrogens (tertiary/aromatic N) is 3. The Morgan fingerprint density at radius 1 is 1.00 bits per heavy atom. The number of hydrogen-bond donors (Lipinski definition) is 4. The Labute approximate surface area is 166 Å². The van der Waals surface area contributed by atoms with E-state index in [-0.39, 0.29) is 11.6 Å². The quantitative estimate of drug-likeness (QED) is 0.281.